The van der Waals surface area contributed by atoms with Gasteiger partial charge in [-0.3, -0.25) is 0 Å². The molecule has 100 valence electrons. The molecule has 0 unspecified atom stereocenters. The zero-order valence-corrected chi connectivity index (χ0v) is 10.4. The van der Waals surface area contributed by atoms with E-state index in [2.05, 4.69) is 0 Å². The summed E-state index contributed by atoms with van der Waals surface area (Å²) < 4.78 is 31.2. The van der Waals surface area contributed by atoms with Crippen LogP contribution in [-0.2, 0) is 10.1 Å². The highest BCUT2D eigenvalue weighted by atomic mass is 32.2. The van der Waals surface area contributed by atoms with E-state index in [4.69, 9.17) is 15.3 Å². The lowest BCUT2D eigenvalue weighted by atomic mass is 10.2. The number of hydrogen-bond acceptors (Lipinski definition) is 6. The fourth-order valence-corrected chi connectivity index (χ4v) is 1.17. The molecule has 10 heteroatoms. The van der Waals surface area contributed by atoms with Crippen LogP contribution in [0.15, 0.2) is 29.2 Å². The number of quaternary nitrogens is 2. The molecule has 1 aromatic carbocycles. The summed E-state index contributed by atoms with van der Waals surface area (Å²) in [5.41, 5.74) is 0.928. The highest BCUT2D eigenvalue weighted by Crippen LogP contribution is 2.08. The van der Waals surface area contributed by atoms with Crippen molar-refractivity contribution >= 4 is 10.1 Å². The molecule has 0 aromatic heterocycles. The summed E-state index contributed by atoms with van der Waals surface area (Å²) in [5.74, 6) is 0. The quantitative estimate of drug-likeness (QED) is 0.438. The Balaban J connectivity index is -0.000000289. The van der Waals surface area contributed by atoms with Crippen LogP contribution in [0.1, 0.15) is 5.56 Å². The summed E-state index contributed by atoms with van der Waals surface area (Å²) >= 11 is 0. The van der Waals surface area contributed by atoms with E-state index in [0.717, 1.165) is 5.56 Å². The molecule has 17 heavy (non-hydrogen) atoms. The Morgan fingerprint density at radius 1 is 1.06 bits per heavy atom. The topological polar surface area (TPSA) is 196 Å². The van der Waals surface area contributed by atoms with Crippen LogP contribution in [0.3, 0.4) is 0 Å². The summed E-state index contributed by atoms with van der Waals surface area (Å²) in [6, 6.07) is 5.78. The molecular formula is C7H15N3O6S. The van der Waals surface area contributed by atoms with Crippen molar-refractivity contribution in [2.24, 2.45) is 0 Å². The van der Waals surface area contributed by atoms with Crippen LogP contribution in [0.25, 0.3) is 0 Å². The lowest BCUT2D eigenvalue weighted by Crippen LogP contribution is -1.97. The third kappa shape index (κ3) is 10.5. The van der Waals surface area contributed by atoms with Crippen LogP contribution in [0.2, 0.25) is 0 Å². The maximum atomic E-state index is 10.4. The Morgan fingerprint density at radius 3 is 1.59 bits per heavy atom. The van der Waals surface area contributed by atoms with Crippen LogP contribution in [0, 0.1) is 22.2 Å². The van der Waals surface area contributed by atoms with Crippen molar-refractivity contribution < 1.29 is 18.1 Å². The normalized spacial score (nSPS) is 8.82. The fraction of sp³-hybridized carbons (Fsp3) is 0.143. The van der Waals surface area contributed by atoms with Crippen molar-refractivity contribution in [1.82, 2.24) is 12.3 Å². The third-order valence-electron chi connectivity index (χ3n) is 1.31. The Labute approximate surface area is 98.1 Å². The molecule has 0 aliphatic carbocycles. The Kier molecular flexibility index (Phi) is 10.2. The summed E-state index contributed by atoms with van der Waals surface area (Å²) in [6.07, 6.45) is 0. The van der Waals surface area contributed by atoms with Crippen LogP contribution in [0.4, 0.5) is 0 Å². The molecular weight excluding hydrogens is 254 g/mol. The van der Waals surface area contributed by atoms with Gasteiger partial charge < -0.3 is 32.2 Å². The van der Waals surface area contributed by atoms with Crippen molar-refractivity contribution in [1.29, 1.82) is 0 Å². The Morgan fingerprint density at radius 2 is 1.35 bits per heavy atom. The molecule has 0 bridgehead atoms. The maximum Gasteiger partial charge on any atom is 0.124 e. The number of rotatable bonds is 1. The SMILES string of the molecule is Cc1ccc(S(=O)(=O)[O-])cc1.O=[N+]([O-])[O-].[NH4+].[NH4+]. The molecule has 0 saturated carbocycles. The summed E-state index contributed by atoms with van der Waals surface area (Å²) in [7, 11) is -4.27. The van der Waals surface area contributed by atoms with Crippen LogP contribution >= 0.6 is 0 Å². The van der Waals surface area contributed by atoms with E-state index in [1.807, 2.05) is 6.92 Å². The van der Waals surface area contributed by atoms with E-state index in [0.29, 0.717) is 0 Å². The zero-order chi connectivity index (χ0) is 12.1. The van der Waals surface area contributed by atoms with Crippen molar-refractivity contribution in [2.45, 2.75) is 11.8 Å². The minimum Gasteiger partial charge on any atom is -0.744 e. The number of benzene rings is 1. The predicted octanol–water partition coefficient (Wildman–Crippen LogP) is 1.41. The monoisotopic (exact) mass is 269 g/mol. The molecule has 0 amide bonds. The molecule has 0 heterocycles. The van der Waals surface area contributed by atoms with E-state index < -0.39 is 15.2 Å². The molecule has 0 aliphatic rings. The second kappa shape index (κ2) is 8.41. The van der Waals surface area contributed by atoms with Gasteiger partial charge in [-0.05, 0) is 19.1 Å². The van der Waals surface area contributed by atoms with E-state index in [1.54, 1.807) is 12.1 Å². The van der Waals surface area contributed by atoms with Crippen LogP contribution in [-0.4, -0.2) is 18.1 Å². The average molecular weight is 269 g/mol. The molecule has 0 radical (unpaired) electrons. The van der Waals surface area contributed by atoms with Crippen molar-refractivity contribution in [3.63, 3.8) is 0 Å². The molecule has 1 rings (SSSR count). The lowest BCUT2D eigenvalue weighted by molar-refractivity contribution is -0.402. The van der Waals surface area contributed by atoms with Gasteiger partial charge in [0.1, 0.15) is 10.1 Å². The highest BCUT2D eigenvalue weighted by Gasteiger charge is 1.97. The summed E-state index contributed by atoms with van der Waals surface area (Å²) in [4.78, 5) is 8.07. The molecule has 0 spiro atoms. The van der Waals surface area contributed by atoms with E-state index in [-0.39, 0.29) is 17.2 Å². The number of nitrogens with zero attached hydrogens (tertiary/aromatic N) is 1. The number of hydrogen-bond donors (Lipinski definition) is 2. The van der Waals surface area contributed by atoms with Crippen molar-refractivity contribution in [3.05, 3.63) is 45.2 Å². The van der Waals surface area contributed by atoms with Gasteiger partial charge in [-0.25, -0.2) is 8.42 Å². The Bertz CT molecular complexity index is 425. The zero-order valence-electron chi connectivity index (χ0n) is 9.61. The van der Waals surface area contributed by atoms with Crippen LogP contribution < -0.4 is 12.3 Å². The van der Waals surface area contributed by atoms with Gasteiger partial charge in [0.25, 0.3) is 0 Å². The van der Waals surface area contributed by atoms with Gasteiger partial charge in [0.05, 0.1) is 9.98 Å². The minimum atomic E-state index is -4.27. The van der Waals surface area contributed by atoms with Gasteiger partial charge in [-0.1, -0.05) is 17.7 Å². The Hall–Kier alpha value is -1.75. The standard InChI is InChI=1S/C7H8O3S.NO3.2H3N/c1-6-2-4-7(5-3-6)11(8,9)10;2-1(3)4;;/h2-5H,1H3,(H,8,9,10);;2*1H3/q;-1;;/p+1. The summed E-state index contributed by atoms with van der Waals surface area (Å²) in [5, 5.41) is 14.8. The van der Waals surface area contributed by atoms with Gasteiger partial charge in [0.2, 0.25) is 0 Å². The van der Waals surface area contributed by atoms with Gasteiger partial charge in [-0.2, -0.15) is 0 Å². The first-order valence-electron chi connectivity index (χ1n) is 3.57. The first kappa shape index (κ1) is 20.6. The average Bonchev–Trinajstić information content (AvgIpc) is 2.01. The highest BCUT2D eigenvalue weighted by molar-refractivity contribution is 7.85. The first-order valence-corrected chi connectivity index (χ1v) is 4.98. The van der Waals surface area contributed by atoms with Gasteiger partial charge >= 0.3 is 0 Å². The minimum absolute atomic E-state index is 0. The van der Waals surface area contributed by atoms with E-state index >= 15 is 0 Å². The van der Waals surface area contributed by atoms with E-state index in [1.165, 1.54) is 12.1 Å². The fourth-order valence-electron chi connectivity index (χ4n) is 0.705. The molecule has 0 atom stereocenters. The molecule has 9 nitrogen and oxygen atoms in total. The first-order chi connectivity index (χ1) is 6.73. The third-order valence-corrected chi connectivity index (χ3v) is 2.16. The van der Waals surface area contributed by atoms with Crippen molar-refractivity contribution in [2.75, 3.05) is 0 Å². The van der Waals surface area contributed by atoms with Gasteiger partial charge in [-0.15, -0.1) is 0 Å². The predicted molar refractivity (Wildman–Crippen MR) is 61.5 cm³/mol. The summed E-state index contributed by atoms with van der Waals surface area (Å²) in [6.45, 7) is 1.82. The second-order valence-corrected chi connectivity index (χ2v) is 3.87. The van der Waals surface area contributed by atoms with Crippen LogP contribution in [0.5, 0.6) is 0 Å². The molecule has 0 saturated heterocycles. The van der Waals surface area contributed by atoms with Gasteiger partial charge in [0, 0.05) is 0 Å². The van der Waals surface area contributed by atoms with Gasteiger partial charge in [0.15, 0.2) is 0 Å². The largest absolute Gasteiger partial charge is 0.744 e. The van der Waals surface area contributed by atoms with E-state index in [9.17, 15) is 13.0 Å². The molecule has 0 fully saturated rings. The maximum absolute atomic E-state index is 10.4. The number of aryl methyl sites for hydroxylation is 1. The molecule has 0 aliphatic heterocycles. The lowest BCUT2D eigenvalue weighted by Gasteiger charge is -2.05. The molecule has 1 aromatic rings. The smallest absolute Gasteiger partial charge is 0.124 e. The van der Waals surface area contributed by atoms with Crippen molar-refractivity contribution in [3.8, 4) is 0 Å². The second-order valence-electron chi connectivity index (χ2n) is 2.49. The molecule has 8 N–H and O–H groups in total.